The van der Waals surface area contributed by atoms with Gasteiger partial charge >= 0.3 is 0 Å². The zero-order chi connectivity index (χ0) is 14.5. The van der Waals surface area contributed by atoms with Crippen LogP contribution in [0.2, 0.25) is 0 Å². The lowest BCUT2D eigenvalue weighted by Crippen LogP contribution is -2.18. The molecule has 8 heteroatoms. The number of sulfone groups is 1. The van der Waals surface area contributed by atoms with Crippen LogP contribution < -0.4 is 5.32 Å². The lowest BCUT2D eigenvalue weighted by Gasteiger charge is -2.05. The molecule has 0 aliphatic heterocycles. The van der Waals surface area contributed by atoms with Crippen LogP contribution in [0.3, 0.4) is 0 Å². The van der Waals surface area contributed by atoms with Crippen LogP contribution in [-0.2, 0) is 16.4 Å². The molecule has 19 heavy (non-hydrogen) atoms. The third-order valence-corrected chi connectivity index (χ3v) is 3.45. The number of rotatable bonds is 7. The molecular formula is C11H15FN2O4S. The maximum Gasteiger partial charge on any atom is 0.274 e. The van der Waals surface area contributed by atoms with Gasteiger partial charge in [0, 0.05) is 24.4 Å². The molecule has 0 heterocycles. The van der Waals surface area contributed by atoms with Crippen LogP contribution in [0.4, 0.5) is 10.1 Å². The molecule has 0 fully saturated rings. The van der Waals surface area contributed by atoms with Gasteiger partial charge in [-0.05, 0) is 25.1 Å². The Bertz CT molecular complexity index is 560. The third-order valence-electron chi connectivity index (χ3n) is 2.42. The average Bonchev–Trinajstić information content (AvgIpc) is 2.26. The van der Waals surface area contributed by atoms with Crippen molar-refractivity contribution in [2.24, 2.45) is 0 Å². The lowest BCUT2D eigenvalue weighted by molar-refractivity contribution is -0.385. The van der Waals surface area contributed by atoms with Gasteiger partial charge in [-0.2, -0.15) is 0 Å². The largest absolute Gasteiger partial charge is 0.312 e. The first kappa shape index (κ1) is 15.5. The molecule has 0 saturated carbocycles. The van der Waals surface area contributed by atoms with Gasteiger partial charge in [0.05, 0.1) is 10.7 Å². The number of hydrogen-bond acceptors (Lipinski definition) is 5. The van der Waals surface area contributed by atoms with Crippen molar-refractivity contribution >= 4 is 15.5 Å². The number of nitro groups is 1. The van der Waals surface area contributed by atoms with Crippen molar-refractivity contribution in [3.63, 3.8) is 0 Å². The predicted octanol–water partition coefficient (Wildman–Crippen LogP) is 1.26. The molecule has 0 aromatic heterocycles. The first-order valence-corrected chi connectivity index (χ1v) is 7.67. The van der Waals surface area contributed by atoms with E-state index in [1.54, 1.807) is 0 Å². The second-order valence-corrected chi connectivity index (χ2v) is 6.45. The Balaban J connectivity index is 2.53. The zero-order valence-corrected chi connectivity index (χ0v) is 11.2. The van der Waals surface area contributed by atoms with E-state index < -0.39 is 20.6 Å². The Morgan fingerprint density at radius 3 is 2.68 bits per heavy atom. The fourth-order valence-corrected chi connectivity index (χ4v) is 2.22. The van der Waals surface area contributed by atoms with Gasteiger partial charge in [-0.3, -0.25) is 10.1 Å². The number of benzene rings is 1. The second-order valence-electron chi connectivity index (χ2n) is 4.19. The van der Waals surface area contributed by atoms with Crippen molar-refractivity contribution in [3.05, 3.63) is 39.7 Å². The van der Waals surface area contributed by atoms with E-state index in [0.29, 0.717) is 13.0 Å². The van der Waals surface area contributed by atoms with Gasteiger partial charge in [-0.25, -0.2) is 12.8 Å². The number of nitrogens with one attached hydrogen (secondary N) is 1. The van der Waals surface area contributed by atoms with Crippen molar-refractivity contribution in [3.8, 4) is 0 Å². The highest BCUT2D eigenvalue weighted by molar-refractivity contribution is 7.90. The molecular weight excluding hydrogens is 275 g/mol. The number of nitrogens with zero attached hydrogens (tertiary/aromatic N) is 1. The Morgan fingerprint density at radius 1 is 1.42 bits per heavy atom. The maximum absolute atomic E-state index is 13.0. The summed E-state index contributed by atoms with van der Waals surface area (Å²) in [5.41, 5.74) is 0.0846. The van der Waals surface area contributed by atoms with Crippen LogP contribution >= 0.6 is 0 Å². The minimum Gasteiger partial charge on any atom is -0.312 e. The molecule has 1 rings (SSSR count). The molecule has 1 N–H and O–H groups in total. The van der Waals surface area contributed by atoms with Crippen LogP contribution in [0.5, 0.6) is 0 Å². The third kappa shape index (κ3) is 5.75. The Kier molecular flexibility index (Phi) is 5.37. The average molecular weight is 290 g/mol. The molecule has 0 aliphatic carbocycles. The highest BCUT2D eigenvalue weighted by Gasteiger charge is 2.13. The summed E-state index contributed by atoms with van der Waals surface area (Å²) >= 11 is 0. The standard InChI is InChI=1S/C11H15FN2O4S/c1-19(17,18)6-2-5-13-8-9-7-10(12)3-4-11(9)14(15)16/h3-4,7,13H,2,5-6,8H2,1H3. The quantitative estimate of drug-likeness (QED) is 0.464. The maximum atomic E-state index is 13.0. The number of nitro benzene ring substituents is 1. The van der Waals surface area contributed by atoms with Gasteiger partial charge in [-0.1, -0.05) is 0 Å². The Labute approximate surface area is 110 Å². The summed E-state index contributed by atoms with van der Waals surface area (Å²) in [7, 11) is -3.01. The Hall–Kier alpha value is -1.54. The molecule has 1 aromatic carbocycles. The van der Waals surface area contributed by atoms with Crippen molar-refractivity contribution in [2.45, 2.75) is 13.0 Å². The monoisotopic (exact) mass is 290 g/mol. The van der Waals surface area contributed by atoms with E-state index in [0.717, 1.165) is 24.5 Å². The molecule has 0 saturated heterocycles. The van der Waals surface area contributed by atoms with Crippen molar-refractivity contribution in [1.82, 2.24) is 5.32 Å². The molecule has 0 unspecified atom stereocenters. The van der Waals surface area contributed by atoms with Crippen molar-refractivity contribution in [1.29, 1.82) is 0 Å². The first-order valence-electron chi connectivity index (χ1n) is 5.61. The normalized spacial score (nSPS) is 11.5. The second kappa shape index (κ2) is 6.58. The predicted molar refractivity (Wildman–Crippen MR) is 69.1 cm³/mol. The van der Waals surface area contributed by atoms with Gasteiger partial charge in [0.15, 0.2) is 0 Å². The van der Waals surface area contributed by atoms with Crippen LogP contribution in [-0.4, -0.2) is 31.9 Å². The van der Waals surface area contributed by atoms with Gasteiger partial charge in [0.1, 0.15) is 15.7 Å². The first-order chi connectivity index (χ1) is 8.79. The molecule has 0 atom stereocenters. The van der Waals surface area contributed by atoms with Crippen LogP contribution in [0.25, 0.3) is 0 Å². The summed E-state index contributed by atoms with van der Waals surface area (Å²) in [5.74, 6) is -0.496. The summed E-state index contributed by atoms with van der Waals surface area (Å²) in [4.78, 5) is 10.2. The topological polar surface area (TPSA) is 89.3 Å². The fourth-order valence-electron chi connectivity index (χ4n) is 1.56. The fraction of sp³-hybridized carbons (Fsp3) is 0.455. The van der Waals surface area contributed by atoms with Gasteiger partial charge in [0.25, 0.3) is 5.69 Å². The molecule has 0 bridgehead atoms. The SMILES string of the molecule is CS(=O)(=O)CCCNCc1cc(F)ccc1[N+](=O)[O-]. The highest BCUT2D eigenvalue weighted by atomic mass is 32.2. The van der Waals surface area contributed by atoms with E-state index in [1.807, 2.05) is 0 Å². The summed E-state index contributed by atoms with van der Waals surface area (Å²) < 4.78 is 34.8. The van der Waals surface area contributed by atoms with Crippen LogP contribution in [0, 0.1) is 15.9 Å². The number of halogens is 1. The smallest absolute Gasteiger partial charge is 0.274 e. The van der Waals surface area contributed by atoms with Crippen molar-refractivity contribution < 1.29 is 17.7 Å². The van der Waals surface area contributed by atoms with Gasteiger partial charge in [0.2, 0.25) is 0 Å². The molecule has 0 spiro atoms. The van der Waals surface area contributed by atoms with Gasteiger partial charge in [-0.15, -0.1) is 0 Å². The zero-order valence-electron chi connectivity index (χ0n) is 10.4. The molecule has 1 aromatic rings. The van der Waals surface area contributed by atoms with E-state index in [2.05, 4.69) is 5.32 Å². The summed E-state index contributed by atoms with van der Waals surface area (Å²) in [6.07, 6.45) is 1.55. The minimum atomic E-state index is -3.01. The van der Waals surface area contributed by atoms with E-state index in [-0.39, 0.29) is 23.5 Å². The summed E-state index contributed by atoms with van der Waals surface area (Å²) in [6, 6.07) is 3.25. The molecule has 0 amide bonds. The van der Waals surface area contributed by atoms with Gasteiger partial charge < -0.3 is 5.32 Å². The van der Waals surface area contributed by atoms with E-state index in [1.165, 1.54) is 0 Å². The van der Waals surface area contributed by atoms with Crippen LogP contribution in [0.1, 0.15) is 12.0 Å². The minimum absolute atomic E-state index is 0.0469. The highest BCUT2D eigenvalue weighted by Crippen LogP contribution is 2.19. The van der Waals surface area contributed by atoms with E-state index in [4.69, 9.17) is 0 Å². The Morgan fingerprint density at radius 2 is 2.11 bits per heavy atom. The molecule has 6 nitrogen and oxygen atoms in total. The summed E-state index contributed by atoms with van der Waals surface area (Å²) in [5, 5.41) is 13.6. The molecule has 0 radical (unpaired) electrons. The summed E-state index contributed by atoms with van der Waals surface area (Å²) in [6.45, 7) is 0.512. The van der Waals surface area contributed by atoms with E-state index >= 15 is 0 Å². The van der Waals surface area contributed by atoms with E-state index in [9.17, 15) is 22.9 Å². The number of hydrogen-bond donors (Lipinski definition) is 1. The molecule has 106 valence electrons. The van der Waals surface area contributed by atoms with Crippen molar-refractivity contribution in [2.75, 3.05) is 18.6 Å². The van der Waals surface area contributed by atoms with Crippen LogP contribution in [0.15, 0.2) is 18.2 Å². The lowest BCUT2D eigenvalue weighted by atomic mass is 10.1. The molecule has 0 aliphatic rings.